The van der Waals surface area contributed by atoms with E-state index in [4.69, 9.17) is 15.7 Å². The summed E-state index contributed by atoms with van der Waals surface area (Å²) in [7, 11) is 0. The molecule has 0 radical (unpaired) electrons. The van der Waals surface area contributed by atoms with Gasteiger partial charge in [0.1, 0.15) is 5.84 Å². The van der Waals surface area contributed by atoms with E-state index < -0.39 is 0 Å². The largest absolute Gasteiger partial charge is 0.409 e. The lowest BCUT2D eigenvalue weighted by Gasteiger charge is -2.52. The van der Waals surface area contributed by atoms with E-state index in [9.17, 15) is 0 Å². The average molecular weight is 299 g/mol. The van der Waals surface area contributed by atoms with E-state index in [1.807, 2.05) is 13.8 Å². The molecule has 1 aliphatic carbocycles. The van der Waals surface area contributed by atoms with Gasteiger partial charge in [-0.2, -0.15) is 0 Å². The lowest BCUT2D eigenvalue weighted by atomic mass is 9.64. The Morgan fingerprint density at radius 1 is 1.43 bits per heavy atom. The number of nitrogens with two attached hydrogens (primary N) is 1. The maximum Gasteiger partial charge on any atom is 0.144 e. The maximum absolute atomic E-state index is 8.75. The van der Waals surface area contributed by atoms with Crippen LogP contribution in [0.1, 0.15) is 60.3 Å². The summed E-state index contributed by atoms with van der Waals surface area (Å²) in [6, 6.07) is 0.547. The van der Waals surface area contributed by atoms with Gasteiger partial charge in [0.05, 0.1) is 6.10 Å². The summed E-state index contributed by atoms with van der Waals surface area (Å²) in [5, 5.41) is 15.5. The van der Waals surface area contributed by atoms with Crippen LogP contribution in [0.25, 0.3) is 0 Å². The number of oxime groups is 1. The Balaban J connectivity index is 2.19. The molecule has 0 aromatic carbocycles. The third-order valence-corrected chi connectivity index (χ3v) is 4.97. The number of ether oxygens (including phenoxy) is 1. The summed E-state index contributed by atoms with van der Waals surface area (Å²) >= 11 is 0. The summed E-state index contributed by atoms with van der Waals surface area (Å²) in [6.45, 7) is 12.4. The Labute approximate surface area is 129 Å². The second-order valence-corrected chi connectivity index (χ2v) is 7.33. The number of hydrogen-bond donors (Lipinski definition) is 3. The normalized spacial score (nSPS) is 25.7. The molecule has 2 atom stereocenters. The van der Waals surface area contributed by atoms with Gasteiger partial charge in [0, 0.05) is 23.5 Å². The van der Waals surface area contributed by atoms with Crippen molar-refractivity contribution in [3.05, 3.63) is 0 Å². The molecule has 124 valence electrons. The first-order chi connectivity index (χ1) is 9.75. The zero-order valence-electron chi connectivity index (χ0n) is 14.3. The molecule has 5 nitrogen and oxygen atoms in total. The highest BCUT2D eigenvalue weighted by molar-refractivity contribution is 5.85. The van der Waals surface area contributed by atoms with Gasteiger partial charge in [0.2, 0.25) is 0 Å². The van der Waals surface area contributed by atoms with E-state index in [0.29, 0.717) is 18.0 Å². The smallest absolute Gasteiger partial charge is 0.144 e. The quantitative estimate of drug-likeness (QED) is 0.201. The van der Waals surface area contributed by atoms with Crippen molar-refractivity contribution in [2.24, 2.45) is 21.7 Å². The first-order valence-corrected chi connectivity index (χ1v) is 8.08. The zero-order valence-corrected chi connectivity index (χ0v) is 14.3. The molecule has 4 N–H and O–H groups in total. The van der Waals surface area contributed by atoms with Gasteiger partial charge < -0.3 is 21.0 Å². The van der Waals surface area contributed by atoms with Crippen molar-refractivity contribution in [2.45, 2.75) is 72.4 Å². The Morgan fingerprint density at radius 2 is 2.10 bits per heavy atom. The Hall–Kier alpha value is -0.810. The molecule has 5 heteroatoms. The van der Waals surface area contributed by atoms with Gasteiger partial charge >= 0.3 is 0 Å². The number of nitrogens with one attached hydrogen (secondary N) is 1. The minimum atomic E-state index is -0.232. The molecule has 21 heavy (non-hydrogen) atoms. The topological polar surface area (TPSA) is 79.9 Å². The van der Waals surface area contributed by atoms with Gasteiger partial charge in [-0.3, -0.25) is 0 Å². The van der Waals surface area contributed by atoms with Gasteiger partial charge in [-0.05, 0) is 32.7 Å². The summed E-state index contributed by atoms with van der Waals surface area (Å²) in [5.41, 5.74) is 5.69. The van der Waals surface area contributed by atoms with Crippen molar-refractivity contribution >= 4 is 5.84 Å². The molecular weight excluding hydrogens is 266 g/mol. The molecule has 1 fully saturated rings. The summed E-state index contributed by atoms with van der Waals surface area (Å²) in [6.07, 6.45) is 4.60. The summed E-state index contributed by atoms with van der Waals surface area (Å²) in [5.74, 6) is 0.315. The number of nitrogens with zero attached hydrogens (tertiary/aromatic N) is 1. The highest BCUT2D eigenvalue weighted by atomic mass is 16.5. The van der Waals surface area contributed by atoms with Crippen molar-refractivity contribution in [1.82, 2.24) is 5.32 Å². The molecule has 0 aliphatic heterocycles. The SMILES string of the molecule is CCOC1CC(NCCCCC(C)(C)C(N)=NO)C1(C)C. The van der Waals surface area contributed by atoms with Crippen molar-refractivity contribution in [2.75, 3.05) is 13.2 Å². The summed E-state index contributed by atoms with van der Waals surface area (Å²) < 4.78 is 5.74. The van der Waals surface area contributed by atoms with Crippen molar-refractivity contribution < 1.29 is 9.94 Å². The van der Waals surface area contributed by atoms with Crippen LogP contribution in [0.2, 0.25) is 0 Å². The molecule has 2 unspecified atom stereocenters. The van der Waals surface area contributed by atoms with Crippen LogP contribution in [0, 0.1) is 10.8 Å². The van der Waals surface area contributed by atoms with Crippen LogP contribution in [-0.2, 0) is 4.74 Å². The molecule has 1 saturated carbocycles. The second kappa shape index (κ2) is 7.45. The Bertz CT molecular complexity index is 353. The van der Waals surface area contributed by atoms with E-state index >= 15 is 0 Å². The highest BCUT2D eigenvalue weighted by Gasteiger charge is 2.48. The predicted molar refractivity (Wildman–Crippen MR) is 86.6 cm³/mol. The number of hydrogen-bond acceptors (Lipinski definition) is 4. The van der Waals surface area contributed by atoms with E-state index in [1.165, 1.54) is 0 Å². The van der Waals surface area contributed by atoms with E-state index in [-0.39, 0.29) is 10.8 Å². The summed E-state index contributed by atoms with van der Waals surface area (Å²) in [4.78, 5) is 0. The zero-order chi connectivity index (χ0) is 16.1. The lowest BCUT2D eigenvalue weighted by molar-refractivity contribution is -0.113. The van der Waals surface area contributed by atoms with Gasteiger partial charge in [-0.1, -0.05) is 39.3 Å². The number of unbranched alkanes of at least 4 members (excludes halogenated alkanes) is 1. The first kappa shape index (κ1) is 18.2. The van der Waals surface area contributed by atoms with Gasteiger partial charge in [0.15, 0.2) is 0 Å². The van der Waals surface area contributed by atoms with Crippen molar-refractivity contribution in [3.8, 4) is 0 Å². The number of rotatable bonds is 9. The molecule has 0 spiro atoms. The third kappa shape index (κ3) is 4.58. The number of amidine groups is 1. The fourth-order valence-corrected chi connectivity index (χ4v) is 2.95. The predicted octanol–water partition coefficient (Wildman–Crippen LogP) is 2.72. The molecule has 0 aromatic rings. The molecule has 0 aromatic heterocycles. The van der Waals surface area contributed by atoms with Crippen LogP contribution < -0.4 is 11.1 Å². The van der Waals surface area contributed by atoms with Gasteiger partial charge in [-0.15, -0.1) is 0 Å². The van der Waals surface area contributed by atoms with Crippen LogP contribution in [0.15, 0.2) is 5.16 Å². The van der Waals surface area contributed by atoms with Gasteiger partial charge in [-0.25, -0.2) is 0 Å². The van der Waals surface area contributed by atoms with Crippen LogP contribution >= 0.6 is 0 Å². The van der Waals surface area contributed by atoms with E-state index in [0.717, 1.165) is 38.8 Å². The Morgan fingerprint density at radius 3 is 2.62 bits per heavy atom. The minimum absolute atomic E-state index is 0.225. The fourth-order valence-electron chi connectivity index (χ4n) is 2.95. The minimum Gasteiger partial charge on any atom is -0.409 e. The standard InChI is InChI=1S/C16H33N3O2/c1-6-21-13-11-12(16(13,4)5)18-10-8-7-9-15(2,3)14(17)19-20/h12-13,18,20H,6-11H2,1-5H3,(H2,17,19). The monoisotopic (exact) mass is 299 g/mol. The molecule has 0 amide bonds. The molecule has 0 heterocycles. The second-order valence-electron chi connectivity index (χ2n) is 7.33. The van der Waals surface area contributed by atoms with Crippen molar-refractivity contribution in [1.29, 1.82) is 0 Å². The first-order valence-electron chi connectivity index (χ1n) is 8.08. The van der Waals surface area contributed by atoms with Crippen LogP contribution in [0.3, 0.4) is 0 Å². The fraction of sp³-hybridized carbons (Fsp3) is 0.938. The third-order valence-electron chi connectivity index (χ3n) is 4.97. The van der Waals surface area contributed by atoms with Crippen LogP contribution in [-0.4, -0.2) is 36.3 Å². The van der Waals surface area contributed by atoms with Crippen LogP contribution in [0.5, 0.6) is 0 Å². The highest BCUT2D eigenvalue weighted by Crippen LogP contribution is 2.42. The Kier molecular flexibility index (Phi) is 6.47. The molecule has 0 bridgehead atoms. The molecule has 1 rings (SSSR count). The molecular formula is C16H33N3O2. The maximum atomic E-state index is 8.75. The molecule has 1 aliphatic rings. The van der Waals surface area contributed by atoms with E-state index in [2.05, 4.69) is 31.2 Å². The van der Waals surface area contributed by atoms with Crippen LogP contribution in [0.4, 0.5) is 0 Å². The van der Waals surface area contributed by atoms with E-state index in [1.54, 1.807) is 0 Å². The molecule has 0 saturated heterocycles. The van der Waals surface area contributed by atoms with Crippen molar-refractivity contribution in [3.63, 3.8) is 0 Å². The van der Waals surface area contributed by atoms with Gasteiger partial charge in [0.25, 0.3) is 0 Å². The average Bonchev–Trinajstić information content (AvgIpc) is 2.43. The lowest BCUT2D eigenvalue weighted by Crippen LogP contribution is -2.61.